The molecular weight excluding hydrogens is 144 g/mol. The van der Waals surface area contributed by atoms with Crippen molar-refractivity contribution in [2.45, 2.75) is 20.3 Å². The smallest absolute Gasteiger partial charge is 0.350 e. The van der Waals surface area contributed by atoms with Crippen LogP contribution in [0, 0.1) is 0 Å². The summed E-state index contributed by atoms with van der Waals surface area (Å²) in [7, 11) is 0. The van der Waals surface area contributed by atoms with E-state index in [9.17, 15) is 9.59 Å². The molecule has 0 bridgehead atoms. The van der Waals surface area contributed by atoms with Gasteiger partial charge in [-0.05, 0) is 19.4 Å². The molecule has 1 heterocycles. The lowest BCUT2D eigenvalue weighted by Gasteiger charge is -1.83. The number of hydrogen-bond donors (Lipinski definition) is 0. The van der Waals surface area contributed by atoms with Gasteiger partial charge in [0.2, 0.25) is 0 Å². The van der Waals surface area contributed by atoms with Crippen molar-refractivity contribution in [3.8, 4) is 0 Å². The number of carbonyl (C=O) groups is 2. The number of esters is 2. The van der Waals surface area contributed by atoms with Crippen LogP contribution in [0.2, 0.25) is 0 Å². The highest BCUT2D eigenvalue weighted by molar-refractivity contribution is 6.05. The molecule has 0 N–H and O–H groups in total. The zero-order valence-electron chi connectivity index (χ0n) is 6.43. The van der Waals surface area contributed by atoms with Crippen molar-refractivity contribution in [3.05, 3.63) is 16.9 Å². The van der Waals surface area contributed by atoms with E-state index in [-0.39, 0.29) is 6.42 Å². The van der Waals surface area contributed by atoms with Crippen LogP contribution < -0.4 is 0 Å². The zero-order chi connectivity index (χ0) is 8.43. The van der Waals surface area contributed by atoms with Crippen LogP contribution in [0.25, 0.3) is 0 Å². The van der Waals surface area contributed by atoms with Crippen LogP contribution in [0.3, 0.4) is 0 Å². The van der Waals surface area contributed by atoms with Crippen LogP contribution in [0.5, 0.6) is 0 Å². The summed E-state index contributed by atoms with van der Waals surface area (Å²) in [5, 5.41) is 0. The molecule has 0 amide bonds. The summed E-state index contributed by atoms with van der Waals surface area (Å²) in [6.45, 7) is 3.62. The van der Waals surface area contributed by atoms with Gasteiger partial charge in [-0.25, -0.2) is 4.79 Å². The normalized spacial score (nSPS) is 16.4. The quantitative estimate of drug-likeness (QED) is 0.224. The van der Waals surface area contributed by atoms with Gasteiger partial charge >= 0.3 is 11.9 Å². The van der Waals surface area contributed by atoms with E-state index in [0.717, 1.165) is 5.57 Å². The highest BCUT2D eigenvalue weighted by Crippen LogP contribution is 2.13. The van der Waals surface area contributed by atoms with Crippen molar-refractivity contribution in [2.24, 2.45) is 0 Å². The third kappa shape index (κ3) is 1.79. The number of cyclic esters (lactones) is 2. The van der Waals surface area contributed by atoms with Gasteiger partial charge in [-0.2, -0.15) is 0 Å². The summed E-state index contributed by atoms with van der Waals surface area (Å²) in [6, 6.07) is 0. The lowest BCUT2D eigenvalue weighted by molar-refractivity contribution is -0.151. The molecular formula is C8H8O3. The Labute approximate surface area is 64.3 Å². The molecule has 0 unspecified atom stereocenters. The van der Waals surface area contributed by atoms with Crippen LogP contribution in [0.1, 0.15) is 20.3 Å². The lowest BCUT2D eigenvalue weighted by Crippen LogP contribution is -1.96. The Balaban J connectivity index is 3.02. The maximum absolute atomic E-state index is 10.8. The molecule has 1 aliphatic heterocycles. The standard InChI is InChI=1S/C8H8O3/c1-5(2)3-6-4-7(9)11-8(6)10/h4H2,1-2H3. The van der Waals surface area contributed by atoms with Gasteiger partial charge in [0.05, 0.1) is 12.0 Å². The maximum atomic E-state index is 10.8. The Morgan fingerprint density at radius 3 is 2.45 bits per heavy atom. The monoisotopic (exact) mass is 152 g/mol. The van der Waals surface area contributed by atoms with Gasteiger partial charge in [0.1, 0.15) is 0 Å². The van der Waals surface area contributed by atoms with Crippen LogP contribution in [0.15, 0.2) is 16.9 Å². The first-order valence-electron chi connectivity index (χ1n) is 3.27. The largest absolute Gasteiger partial charge is 0.389 e. The Hall–Kier alpha value is -1.34. The van der Waals surface area contributed by atoms with Crippen LogP contribution >= 0.6 is 0 Å². The van der Waals surface area contributed by atoms with Gasteiger partial charge in [-0.15, -0.1) is 5.73 Å². The predicted octanol–water partition coefficient (Wildman–Crippen LogP) is 0.951. The fraction of sp³-hybridized carbons (Fsp3) is 0.375. The third-order valence-electron chi connectivity index (χ3n) is 1.17. The summed E-state index contributed by atoms with van der Waals surface area (Å²) in [4.78, 5) is 21.3. The van der Waals surface area contributed by atoms with E-state index >= 15 is 0 Å². The van der Waals surface area contributed by atoms with Gasteiger partial charge in [-0.1, -0.05) is 0 Å². The second kappa shape index (κ2) is 2.72. The van der Waals surface area contributed by atoms with E-state index in [1.54, 1.807) is 0 Å². The molecule has 58 valence electrons. The predicted molar refractivity (Wildman–Crippen MR) is 37.6 cm³/mol. The molecule has 0 aromatic heterocycles. The molecule has 11 heavy (non-hydrogen) atoms. The summed E-state index contributed by atoms with van der Waals surface area (Å²) in [6.07, 6.45) is 0.0595. The first kappa shape index (κ1) is 7.76. The van der Waals surface area contributed by atoms with Crippen molar-refractivity contribution in [1.29, 1.82) is 0 Å². The minimum atomic E-state index is -0.559. The summed E-state index contributed by atoms with van der Waals surface area (Å²) < 4.78 is 4.28. The Morgan fingerprint density at radius 1 is 1.45 bits per heavy atom. The SMILES string of the molecule is CC(C)=C=C1CC(=O)OC1=O. The summed E-state index contributed by atoms with van der Waals surface area (Å²) in [5.74, 6) is -1.05. The molecule has 1 fully saturated rings. The highest BCUT2D eigenvalue weighted by atomic mass is 16.6. The van der Waals surface area contributed by atoms with Gasteiger partial charge in [-0.3, -0.25) is 4.79 Å². The fourth-order valence-electron chi connectivity index (χ4n) is 0.815. The third-order valence-corrected chi connectivity index (χ3v) is 1.17. The average Bonchev–Trinajstić information content (AvgIpc) is 2.09. The number of rotatable bonds is 0. The Morgan fingerprint density at radius 2 is 2.09 bits per heavy atom. The molecule has 0 aromatic carbocycles. The summed E-state index contributed by atoms with van der Waals surface area (Å²) in [5.41, 5.74) is 3.96. The van der Waals surface area contributed by atoms with Gasteiger partial charge in [0.25, 0.3) is 0 Å². The van der Waals surface area contributed by atoms with Crippen molar-refractivity contribution in [2.75, 3.05) is 0 Å². The average molecular weight is 152 g/mol. The van der Waals surface area contributed by atoms with Gasteiger partial charge in [0, 0.05) is 0 Å². The number of ether oxygens (including phenoxy) is 1. The molecule has 0 saturated carbocycles. The van der Waals surface area contributed by atoms with Crippen molar-refractivity contribution < 1.29 is 14.3 Å². The van der Waals surface area contributed by atoms with E-state index in [1.165, 1.54) is 0 Å². The molecule has 1 rings (SSSR count). The Kier molecular flexibility index (Phi) is 1.92. The lowest BCUT2D eigenvalue weighted by atomic mass is 10.2. The molecule has 3 nitrogen and oxygen atoms in total. The highest BCUT2D eigenvalue weighted by Gasteiger charge is 2.26. The first-order valence-corrected chi connectivity index (χ1v) is 3.27. The molecule has 3 heteroatoms. The van der Waals surface area contributed by atoms with E-state index in [0.29, 0.717) is 5.57 Å². The zero-order valence-corrected chi connectivity index (χ0v) is 6.43. The van der Waals surface area contributed by atoms with Crippen LogP contribution in [-0.2, 0) is 14.3 Å². The van der Waals surface area contributed by atoms with Crippen molar-refractivity contribution in [1.82, 2.24) is 0 Å². The molecule has 0 radical (unpaired) electrons. The van der Waals surface area contributed by atoms with Gasteiger partial charge < -0.3 is 4.74 Å². The van der Waals surface area contributed by atoms with Crippen LogP contribution in [-0.4, -0.2) is 11.9 Å². The molecule has 1 aliphatic rings. The minimum Gasteiger partial charge on any atom is -0.389 e. The molecule has 0 aliphatic carbocycles. The second-order valence-corrected chi connectivity index (χ2v) is 2.54. The molecule has 0 aromatic rings. The second-order valence-electron chi connectivity index (χ2n) is 2.54. The van der Waals surface area contributed by atoms with E-state index in [4.69, 9.17) is 0 Å². The van der Waals surface area contributed by atoms with E-state index in [1.807, 2.05) is 13.8 Å². The van der Waals surface area contributed by atoms with E-state index in [2.05, 4.69) is 10.5 Å². The number of carbonyl (C=O) groups excluding carboxylic acids is 2. The molecule has 0 atom stereocenters. The minimum absolute atomic E-state index is 0.0595. The van der Waals surface area contributed by atoms with Crippen LogP contribution in [0.4, 0.5) is 0 Å². The fourth-order valence-corrected chi connectivity index (χ4v) is 0.815. The van der Waals surface area contributed by atoms with Crippen molar-refractivity contribution in [3.63, 3.8) is 0 Å². The topological polar surface area (TPSA) is 43.4 Å². The number of hydrogen-bond acceptors (Lipinski definition) is 3. The first-order chi connectivity index (χ1) is 5.09. The van der Waals surface area contributed by atoms with Crippen molar-refractivity contribution >= 4 is 11.9 Å². The summed E-state index contributed by atoms with van der Waals surface area (Å²) >= 11 is 0. The maximum Gasteiger partial charge on any atom is 0.350 e. The molecule has 1 saturated heterocycles. The van der Waals surface area contributed by atoms with Gasteiger partial charge in [0.15, 0.2) is 0 Å². The Bertz CT molecular complexity index is 276. The van der Waals surface area contributed by atoms with E-state index < -0.39 is 11.9 Å². The molecule has 0 spiro atoms.